The van der Waals surface area contributed by atoms with Gasteiger partial charge in [-0.15, -0.1) is 11.6 Å². The molecule has 0 aliphatic carbocycles. The summed E-state index contributed by atoms with van der Waals surface area (Å²) >= 11 is 5.66. The quantitative estimate of drug-likeness (QED) is 0.756. The van der Waals surface area contributed by atoms with E-state index in [2.05, 4.69) is 0 Å². The van der Waals surface area contributed by atoms with Crippen LogP contribution in [0.2, 0.25) is 0 Å². The van der Waals surface area contributed by atoms with Gasteiger partial charge in [-0.3, -0.25) is 0 Å². The van der Waals surface area contributed by atoms with Gasteiger partial charge in [0, 0.05) is 19.0 Å². The Labute approximate surface area is 119 Å². The van der Waals surface area contributed by atoms with Crippen LogP contribution in [-0.4, -0.2) is 25.8 Å². The van der Waals surface area contributed by atoms with Gasteiger partial charge in [-0.25, -0.2) is 12.8 Å². The molecule has 3 nitrogen and oxygen atoms in total. The van der Waals surface area contributed by atoms with Crippen LogP contribution >= 0.6 is 11.6 Å². The van der Waals surface area contributed by atoms with E-state index in [0.29, 0.717) is 5.56 Å². The number of nitrogens with zero attached hydrogens (tertiary/aromatic N) is 1. The number of hydrogen-bond acceptors (Lipinski definition) is 2. The highest BCUT2D eigenvalue weighted by Crippen LogP contribution is 2.23. The first-order valence-electron chi connectivity index (χ1n) is 6.17. The van der Waals surface area contributed by atoms with Crippen LogP contribution in [0.5, 0.6) is 0 Å². The lowest BCUT2D eigenvalue weighted by Crippen LogP contribution is -2.35. The Morgan fingerprint density at radius 2 is 2.05 bits per heavy atom. The first-order chi connectivity index (χ1) is 8.84. The van der Waals surface area contributed by atoms with Gasteiger partial charge in [-0.1, -0.05) is 19.4 Å². The topological polar surface area (TPSA) is 37.4 Å². The first-order valence-corrected chi connectivity index (χ1v) is 8.14. The molecule has 0 bridgehead atoms. The molecule has 0 aliphatic heterocycles. The molecule has 0 saturated heterocycles. The minimum atomic E-state index is -3.82. The molecule has 0 spiro atoms. The molecule has 6 heteroatoms. The van der Waals surface area contributed by atoms with Crippen molar-refractivity contribution in [1.29, 1.82) is 0 Å². The molecule has 1 unspecified atom stereocenters. The minimum absolute atomic E-state index is 0.150. The van der Waals surface area contributed by atoms with Gasteiger partial charge in [0.15, 0.2) is 0 Å². The average Bonchev–Trinajstić information content (AvgIpc) is 2.38. The summed E-state index contributed by atoms with van der Waals surface area (Å²) in [4.78, 5) is -0.309. The molecule has 0 heterocycles. The molecule has 1 atom stereocenters. The van der Waals surface area contributed by atoms with Gasteiger partial charge in [0.2, 0.25) is 10.0 Å². The van der Waals surface area contributed by atoms with Crippen molar-refractivity contribution in [2.24, 2.45) is 0 Å². The third-order valence-corrected chi connectivity index (χ3v) is 5.43. The van der Waals surface area contributed by atoms with E-state index in [1.54, 1.807) is 0 Å². The molecule has 1 aromatic carbocycles. The van der Waals surface area contributed by atoms with Crippen molar-refractivity contribution in [3.8, 4) is 0 Å². The average molecular weight is 308 g/mol. The van der Waals surface area contributed by atoms with E-state index < -0.39 is 15.8 Å². The van der Waals surface area contributed by atoms with Crippen molar-refractivity contribution in [1.82, 2.24) is 4.31 Å². The van der Waals surface area contributed by atoms with Gasteiger partial charge in [0.05, 0.1) is 0 Å². The lowest BCUT2D eigenvalue weighted by molar-refractivity contribution is 0.366. The third-order valence-electron chi connectivity index (χ3n) is 3.13. The molecule has 1 rings (SSSR count). The highest BCUT2D eigenvalue weighted by molar-refractivity contribution is 7.89. The SMILES string of the molecule is CCCC(C)N(C)S(=O)(=O)c1cc(CCl)ccc1F. The second-order valence-electron chi connectivity index (χ2n) is 4.56. The monoisotopic (exact) mass is 307 g/mol. The molecule has 0 N–H and O–H groups in total. The van der Waals surface area contributed by atoms with Crippen LogP contribution in [0, 0.1) is 5.82 Å². The molecule has 108 valence electrons. The second kappa shape index (κ2) is 6.68. The van der Waals surface area contributed by atoms with Crippen molar-refractivity contribution in [3.05, 3.63) is 29.6 Å². The largest absolute Gasteiger partial charge is 0.245 e. The number of hydrogen-bond donors (Lipinski definition) is 0. The summed E-state index contributed by atoms with van der Waals surface area (Å²) in [5.41, 5.74) is 0.582. The summed E-state index contributed by atoms with van der Waals surface area (Å²) < 4.78 is 39.7. The van der Waals surface area contributed by atoms with Crippen LogP contribution in [0.15, 0.2) is 23.1 Å². The summed E-state index contributed by atoms with van der Waals surface area (Å²) in [5, 5.41) is 0. The van der Waals surface area contributed by atoms with Crippen LogP contribution in [0.4, 0.5) is 4.39 Å². The van der Waals surface area contributed by atoms with E-state index in [1.807, 2.05) is 13.8 Å². The van der Waals surface area contributed by atoms with E-state index in [9.17, 15) is 12.8 Å². The zero-order valence-electron chi connectivity index (χ0n) is 11.4. The van der Waals surface area contributed by atoms with E-state index in [4.69, 9.17) is 11.6 Å². The normalized spacial score (nSPS) is 13.8. The van der Waals surface area contributed by atoms with Gasteiger partial charge in [-0.2, -0.15) is 4.31 Å². The van der Waals surface area contributed by atoms with Gasteiger partial charge < -0.3 is 0 Å². The van der Waals surface area contributed by atoms with E-state index in [1.165, 1.54) is 23.5 Å². The smallest absolute Gasteiger partial charge is 0.207 e. The first kappa shape index (κ1) is 16.4. The highest BCUT2D eigenvalue weighted by Gasteiger charge is 2.27. The zero-order chi connectivity index (χ0) is 14.6. The van der Waals surface area contributed by atoms with E-state index in [-0.39, 0.29) is 16.8 Å². The maximum Gasteiger partial charge on any atom is 0.245 e. The summed E-state index contributed by atoms with van der Waals surface area (Å²) in [6.07, 6.45) is 1.60. The second-order valence-corrected chi connectivity index (χ2v) is 6.79. The van der Waals surface area contributed by atoms with Gasteiger partial charge in [0.25, 0.3) is 0 Å². The number of halogens is 2. The molecule has 0 amide bonds. The van der Waals surface area contributed by atoms with Crippen molar-refractivity contribution >= 4 is 21.6 Å². The number of alkyl halides is 1. The van der Waals surface area contributed by atoms with Crippen molar-refractivity contribution < 1.29 is 12.8 Å². The summed E-state index contributed by atoms with van der Waals surface area (Å²) in [5.74, 6) is -0.596. The van der Waals surface area contributed by atoms with Crippen LogP contribution < -0.4 is 0 Å². The molecular formula is C13H19ClFNO2S. The predicted molar refractivity (Wildman–Crippen MR) is 75.3 cm³/mol. The zero-order valence-corrected chi connectivity index (χ0v) is 12.9. The lowest BCUT2D eigenvalue weighted by Gasteiger charge is -2.24. The summed E-state index contributed by atoms with van der Waals surface area (Å²) in [6, 6.07) is 3.75. The Bertz CT molecular complexity index is 533. The molecular weight excluding hydrogens is 289 g/mol. The van der Waals surface area contributed by atoms with Gasteiger partial charge >= 0.3 is 0 Å². The molecule has 0 radical (unpaired) electrons. The van der Waals surface area contributed by atoms with Crippen molar-refractivity contribution in [2.75, 3.05) is 7.05 Å². The molecule has 0 aliphatic rings. The molecule has 0 fully saturated rings. The predicted octanol–water partition coefficient (Wildman–Crippen LogP) is 3.37. The highest BCUT2D eigenvalue weighted by atomic mass is 35.5. The Kier molecular flexibility index (Phi) is 5.77. The summed E-state index contributed by atoms with van der Waals surface area (Å²) in [7, 11) is -2.35. The fourth-order valence-corrected chi connectivity index (χ4v) is 3.49. The van der Waals surface area contributed by atoms with Crippen LogP contribution in [-0.2, 0) is 15.9 Å². The molecule has 0 aromatic heterocycles. The third kappa shape index (κ3) is 3.68. The van der Waals surface area contributed by atoms with Crippen LogP contribution in [0.3, 0.4) is 0 Å². The standard InChI is InChI=1S/C13H19ClFNO2S/c1-4-5-10(2)16(3)19(17,18)13-8-11(9-14)6-7-12(13)15/h6-8,10H,4-5,9H2,1-3H3. The molecule has 0 saturated carbocycles. The van der Waals surface area contributed by atoms with E-state index >= 15 is 0 Å². The van der Waals surface area contributed by atoms with Crippen LogP contribution in [0.1, 0.15) is 32.3 Å². The van der Waals surface area contributed by atoms with Gasteiger partial charge in [0.1, 0.15) is 10.7 Å². The molecule has 1 aromatic rings. The van der Waals surface area contributed by atoms with Crippen molar-refractivity contribution in [3.63, 3.8) is 0 Å². The molecule has 19 heavy (non-hydrogen) atoms. The Balaban J connectivity index is 3.19. The fraction of sp³-hybridized carbons (Fsp3) is 0.538. The number of rotatable bonds is 6. The van der Waals surface area contributed by atoms with Gasteiger partial charge in [-0.05, 0) is 31.0 Å². The minimum Gasteiger partial charge on any atom is -0.207 e. The van der Waals surface area contributed by atoms with Crippen molar-refractivity contribution in [2.45, 2.75) is 43.5 Å². The number of benzene rings is 1. The fourth-order valence-electron chi connectivity index (χ4n) is 1.82. The maximum absolute atomic E-state index is 13.8. The lowest BCUT2D eigenvalue weighted by atomic mass is 10.2. The Hall–Kier alpha value is -0.650. The summed E-state index contributed by atoms with van der Waals surface area (Å²) in [6.45, 7) is 3.79. The Morgan fingerprint density at radius 1 is 1.42 bits per heavy atom. The Morgan fingerprint density at radius 3 is 2.58 bits per heavy atom. The number of sulfonamides is 1. The van der Waals surface area contributed by atoms with E-state index in [0.717, 1.165) is 18.9 Å². The van der Waals surface area contributed by atoms with Crippen LogP contribution in [0.25, 0.3) is 0 Å². The maximum atomic E-state index is 13.8.